The highest BCUT2D eigenvalue weighted by Gasteiger charge is 2.53. The Morgan fingerprint density at radius 1 is 0.883 bits per heavy atom. The third-order valence-corrected chi connectivity index (χ3v) is 11.4. The SMILES string of the molecule is COC(=O)N[C@H](C(=O)N1CCC[C@H]1c1ncc(-c2ccc(C#Cc3ccc4nc([C@@H]5C[C@@]6(CCC(=O)O6)CN5C(=O)[C@@H](C)C(C)C)[nH]c4c3)cc2)[nH]1)C(C)C.S.S.S.S.S. The first-order valence-electron chi connectivity index (χ1n) is 19.2. The highest BCUT2D eigenvalue weighted by molar-refractivity contribution is 7.60. The second kappa shape index (κ2) is 21.8. The van der Waals surface area contributed by atoms with Gasteiger partial charge in [0.15, 0.2) is 0 Å². The van der Waals surface area contributed by atoms with Crippen molar-refractivity contribution >= 4 is 102 Å². The van der Waals surface area contributed by atoms with Crippen molar-refractivity contribution in [1.82, 2.24) is 35.1 Å². The summed E-state index contributed by atoms with van der Waals surface area (Å²) >= 11 is 0. The van der Waals surface area contributed by atoms with Crippen molar-refractivity contribution in [2.75, 3.05) is 20.2 Å². The molecular weight excluding hydrogens is 859 g/mol. The number of nitrogens with zero attached hydrogens (tertiary/aromatic N) is 4. The van der Waals surface area contributed by atoms with Crippen LogP contribution in [0, 0.1) is 29.6 Å². The Kier molecular flexibility index (Phi) is 18.9. The molecule has 0 unspecified atom stereocenters. The molecule has 4 aromatic rings. The van der Waals surface area contributed by atoms with Gasteiger partial charge in [0, 0.05) is 36.4 Å². The average Bonchev–Trinajstić information content (AvgIpc) is 4.02. The average molecular weight is 918 g/mol. The van der Waals surface area contributed by atoms with Crippen molar-refractivity contribution < 1.29 is 28.7 Å². The van der Waals surface area contributed by atoms with Crippen LogP contribution < -0.4 is 5.32 Å². The number of rotatable bonds is 8. The molecule has 18 heteroatoms. The van der Waals surface area contributed by atoms with Crippen LogP contribution in [0.2, 0.25) is 0 Å². The molecule has 3 amide bonds. The molecule has 2 aromatic carbocycles. The van der Waals surface area contributed by atoms with Crippen LogP contribution in [-0.4, -0.2) is 85.5 Å². The molecule has 328 valence electrons. The monoisotopic (exact) mass is 917 g/mol. The molecule has 3 saturated heterocycles. The summed E-state index contributed by atoms with van der Waals surface area (Å²) in [5.41, 5.74) is 4.37. The second-order valence-electron chi connectivity index (χ2n) is 15.8. The molecule has 1 spiro atoms. The van der Waals surface area contributed by atoms with E-state index in [0.29, 0.717) is 44.0 Å². The van der Waals surface area contributed by atoms with E-state index >= 15 is 0 Å². The molecule has 0 aliphatic carbocycles. The summed E-state index contributed by atoms with van der Waals surface area (Å²) in [6.07, 6.45) is 4.26. The number of likely N-dealkylation sites (tertiary alicyclic amines) is 2. The van der Waals surface area contributed by atoms with Crippen molar-refractivity contribution in [3.8, 4) is 23.1 Å². The lowest BCUT2D eigenvalue weighted by Gasteiger charge is -2.30. The first kappa shape index (κ1) is 52.2. The van der Waals surface area contributed by atoms with Crippen LogP contribution in [-0.2, 0) is 23.9 Å². The van der Waals surface area contributed by atoms with E-state index in [2.05, 4.69) is 32.1 Å². The van der Waals surface area contributed by atoms with Crippen molar-refractivity contribution in [1.29, 1.82) is 0 Å². The number of H-pyrrole nitrogens is 2. The molecule has 3 aliphatic rings. The quantitative estimate of drug-likeness (QED) is 0.132. The standard InChI is InChI=1S/C42H49N7O6.5H2S/c1-24(2)26(5)39(51)49-23-42(18-17-35(50)55-42)21-34(49)38-44-30-16-13-28(20-31(30)45-38)10-9-27-11-14-29(15-12-27)32-22-43-37(46-32)33-8-7-19-48(33)40(52)36(25(3)4)47-41(53)54-6;;;;;/h11-16,20,22,24-26,33-34,36H,7-8,17-19,21,23H2,1-6H3,(H,43,46)(H,44,45)(H,47,53);5*1H2/t26-,33-,34-,36-,42-;;;;;/m0...../s1. The maximum absolute atomic E-state index is 13.6. The molecule has 2 aromatic heterocycles. The van der Waals surface area contributed by atoms with Gasteiger partial charge in [-0.1, -0.05) is 58.6 Å². The van der Waals surface area contributed by atoms with Gasteiger partial charge in [-0.05, 0) is 67.0 Å². The number of amides is 3. The van der Waals surface area contributed by atoms with Crippen molar-refractivity contribution in [3.63, 3.8) is 0 Å². The van der Waals surface area contributed by atoms with Gasteiger partial charge in [-0.15, -0.1) is 0 Å². The van der Waals surface area contributed by atoms with E-state index in [1.165, 1.54) is 7.11 Å². The minimum absolute atomic E-state index is 0. The summed E-state index contributed by atoms with van der Waals surface area (Å²) in [7, 11) is 1.29. The number of aromatic amines is 2. The highest BCUT2D eigenvalue weighted by atomic mass is 32.1. The number of methoxy groups -OCH3 is 1. The van der Waals surface area contributed by atoms with E-state index in [9.17, 15) is 19.2 Å². The first-order chi connectivity index (χ1) is 26.3. The zero-order valence-electron chi connectivity index (χ0n) is 34.8. The normalized spacial score (nSPS) is 20.1. The van der Waals surface area contributed by atoms with Crippen molar-refractivity contribution in [3.05, 3.63) is 71.4 Å². The van der Waals surface area contributed by atoms with Gasteiger partial charge >= 0.3 is 12.1 Å². The number of nitrogens with one attached hydrogen (secondary N) is 3. The number of carbonyl (C=O) groups is 4. The van der Waals surface area contributed by atoms with E-state index in [4.69, 9.17) is 14.5 Å². The van der Waals surface area contributed by atoms with Crippen LogP contribution in [0.15, 0.2) is 48.7 Å². The molecular formula is C42H59N7O6S5. The van der Waals surface area contributed by atoms with E-state index in [-0.39, 0.29) is 115 Å². The first-order valence-corrected chi connectivity index (χ1v) is 19.2. The zero-order chi connectivity index (χ0) is 39.0. The number of imidazole rings is 2. The van der Waals surface area contributed by atoms with Crippen LogP contribution in [0.5, 0.6) is 0 Å². The third kappa shape index (κ3) is 10.9. The molecule has 5 atom stereocenters. The Balaban J connectivity index is 0.00000248. The van der Waals surface area contributed by atoms with E-state index in [1.54, 1.807) is 11.1 Å². The van der Waals surface area contributed by atoms with E-state index in [0.717, 1.165) is 46.3 Å². The molecule has 7 rings (SSSR count). The second-order valence-corrected chi connectivity index (χ2v) is 15.8. The Morgan fingerprint density at radius 2 is 1.57 bits per heavy atom. The summed E-state index contributed by atoms with van der Waals surface area (Å²) in [6, 6.07) is 12.5. The summed E-state index contributed by atoms with van der Waals surface area (Å²) < 4.78 is 10.6. The topological polar surface area (TPSA) is 163 Å². The summed E-state index contributed by atoms with van der Waals surface area (Å²) in [5.74, 6) is 7.50. The molecule has 5 heterocycles. The minimum Gasteiger partial charge on any atom is -0.457 e. The summed E-state index contributed by atoms with van der Waals surface area (Å²) in [6.45, 7) is 10.8. The number of alkyl carbamates (subject to hydrolysis) is 1. The number of hydrogen-bond donors (Lipinski definition) is 3. The predicted molar refractivity (Wildman–Crippen MR) is 257 cm³/mol. The molecule has 3 N–H and O–H groups in total. The minimum atomic E-state index is -0.693. The molecule has 3 aliphatic heterocycles. The number of benzene rings is 2. The largest absolute Gasteiger partial charge is 0.457 e. The maximum atomic E-state index is 13.6. The smallest absolute Gasteiger partial charge is 0.407 e. The van der Waals surface area contributed by atoms with Crippen LogP contribution in [0.25, 0.3) is 22.3 Å². The molecule has 60 heavy (non-hydrogen) atoms. The van der Waals surface area contributed by atoms with Crippen molar-refractivity contribution in [2.45, 2.75) is 90.4 Å². The Labute approximate surface area is 386 Å². The molecule has 13 nitrogen and oxygen atoms in total. The number of aromatic nitrogens is 4. The molecule has 0 radical (unpaired) electrons. The Hall–Kier alpha value is -3.89. The van der Waals surface area contributed by atoms with Gasteiger partial charge in [0.05, 0.1) is 48.7 Å². The van der Waals surface area contributed by atoms with Gasteiger partial charge in [0.2, 0.25) is 11.8 Å². The lowest BCUT2D eigenvalue weighted by molar-refractivity contribution is -0.149. The molecule has 0 saturated carbocycles. The third-order valence-electron chi connectivity index (χ3n) is 11.4. The van der Waals surface area contributed by atoms with Gasteiger partial charge in [-0.25, -0.2) is 14.8 Å². The number of hydrogen-bond acceptors (Lipinski definition) is 8. The fraction of sp³-hybridized carbons (Fsp3) is 0.476. The number of fused-ring (bicyclic) bond motifs is 1. The van der Waals surface area contributed by atoms with Gasteiger partial charge in [-0.2, -0.15) is 67.5 Å². The Bertz CT molecular complexity index is 2190. The van der Waals surface area contributed by atoms with Crippen LogP contribution in [0.1, 0.15) is 102 Å². The number of esters is 1. The van der Waals surface area contributed by atoms with Gasteiger partial charge in [0.1, 0.15) is 23.3 Å². The lowest BCUT2D eigenvalue weighted by Crippen LogP contribution is -2.51. The van der Waals surface area contributed by atoms with Gasteiger partial charge in [-0.3, -0.25) is 14.4 Å². The fourth-order valence-electron chi connectivity index (χ4n) is 7.89. The maximum Gasteiger partial charge on any atom is 0.407 e. The predicted octanol–water partition coefficient (Wildman–Crippen LogP) is 6.60. The Morgan fingerprint density at radius 3 is 2.20 bits per heavy atom. The number of carbonyl (C=O) groups excluding carboxylic acids is 4. The van der Waals surface area contributed by atoms with Crippen LogP contribution >= 0.6 is 67.5 Å². The van der Waals surface area contributed by atoms with Crippen molar-refractivity contribution in [2.24, 2.45) is 17.8 Å². The van der Waals surface area contributed by atoms with Crippen LogP contribution in [0.4, 0.5) is 4.79 Å². The lowest BCUT2D eigenvalue weighted by atomic mass is 9.96. The fourth-order valence-corrected chi connectivity index (χ4v) is 7.89. The van der Waals surface area contributed by atoms with Crippen LogP contribution in [0.3, 0.4) is 0 Å². The van der Waals surface area contributed by atoms with E-state index in [1.807, 2.05) is 82.0 Å². The summed E-state index contributed by atoms with van der Waals surface area (Å²) in [4.78, 5) is 71.3. The number of ether oxygens (including phenoxy) is 2. The van der Waals surface area contributed by atoms with E-state index < -0.39 is 17.7 Å². The summed E-state index contributed by atoms with van der Waals surface area (Å²) in [5, 5.41) is 2.69. The van der Waals surface area contributed by atoms with Gasteiger partial charge in [0.25, 0.3) is 0 Å². The highest BCUT2D eigenvalue weighted by Crippen LogP contribution is 2.46. The molecule has 3 fully saturated rings. The van der Waals surface area contributed by atoms with Gasteiger partial charge < -0.3 is 34.6 Å². The molecule has 0 bridgehead atoms. The zero-order valence-corrected chi connectivity index (χ0v) is 39.8.